The highest BCUT2D eigenvalue weighted by Crippen LogP contribution is 2.06. The maximum absolute atomic E-state index is 4.39. The molecule has 0 aliphatic heterocycles. The molecule has 0 aliphatic rings. The first-order valence-corrected chi connectivity index (χ1v) is 7.45. The minimum absolute atomic E-state index is 0.572. The molecular weight excluding hydrogens is 262 g/mol. The number of hydrogen-bond acceptors (Lipinski definition) is 5. The monoisotopic (exact) mass is 285 g/mol. The number of aromatic nitrogens is 3. The molecule has 0 amide bonds. The molecule has 1 aromatic heterocycles. The third-order valence-corrected chi connectivity index (χ3v) is 3.02. The number of rotatable bonds is 8. The molecule has 0 saturated carbocycles. The SMILES string of the molecule is CC(C)CNc1cnnc(NCCCc2ccccc2)n1. The van der Waals surface area contributed by atoms with E-state index < -0.39 is 0 Å². The fourth-order valence-corrected chi connectivity index (χ4v) is 1.91. The number of nitrogens with one attached hydrogen (secondary N) is 2. The van der Waals surface area contributed by atoms with E-state index >= 15 is 0 Å². The minimum atomic E-state index is 0.572. The molecule has 0 atom stereocenters. The lowest BCUT2D eigenvalue weighted by molar-refractivity contribution is 0.686. The van der Waals surface area contributed by atoms with Gasteiger partial charge < -0.3 is 10.6 Å². The van der Waals surface area contributed by atoms with Gasteiger partial charge in [-0.1, -0.05) is 44.2 Å². The van der Waals surface area contributed by atoms with Gasteiger partial charge >= 0.3 is 0 Å². The lowest BCUT2D eigenvalue weighted by Crippen LogP contribution is -2.12. The van der Waals surface area contributed by atoms with Crippen molar-refractivity contribution in [3.8, 4) is 0 Å². The Balaban J connectivity index is 1.74. The predicted octanol–water partition coefficient (Wildman–Crippen LogP) is 2.98. The standard InChI is InChI=1S/C16H23N5/c1-13(2)11-18-15-12-19-21-16(20-15)17-10-6-9-14-7-4-3-5-8-14/h3-5,7-8,12-13H,6,9-11H2,1-2H3,(H2,17,18,20,21). The molecule has 0 bridgehead atoms. The van der Waals surface area contributed by atoms with E-state index in [1.165, 1.54) is 5.56 Å². The van der Waals surface area contributed by atoms with Crippen molar-refractivity contribution < 1.29 is 0 Å². The highest BCUT2D eigenvalue weighted by Gasteiger charge is 2.01. The molecule has 5 heteroatoms. The van der Waals surface area contributed by atoms with E-state index in [-0.39, 0.29) is 0 Å². The fourth-order valence-electron chi connectivity index (χ4n) is 1.91. The van der Waals surface area contributed by atoms with Crippen LogP contribution in [0.25, 0.3) is 0 Å². The molecule has 0 fully saturated rings. The molecule has 5 nitrogen and oxygen atoms in total. The molecule has 0 unspecified atom stereocenters. The molecule has 0 aliphatic carbocycles. The smallest absolute Gasteiger partial charge is 0.244 e. The van der Waals surface area contributed by atoms with E-state index in [2.05, 4.69) is 63.9 Å². The van der Waals surface area contributed by atoms with Gasteiger partial charge in [0.05, 0.1) is 6.20 Å². The number of hydrogen-bond donors (Lipinski definition) is 2. The third kappa shape index (κ3) is 5.77. The maximum Gasteiger partial charge on any atom is 0.244 e. The molecule has 0 spiro atoms. The summed E-state index contributed by atoms with van der Waals surface area (Å²) in [6.07, 6.45) is 3.74. The Morgan fingerprint density at radius 3 is 2.67 bits per heavy atom. The van der Waals surface area contributed by atoms with E-state index in [1.807, 2.05) is 6.07 Å². The van der Waals surface area contributed by atoms with E-state index in [0.29, 0.717) is 11.9 Å². The first-order valence-electron chi connectivity index (χ1n) is 7.45. The summed E-state index contributed by atoms with van der Waals surface area (Å²) in [7, 11) is 0. The van der Waals surface area contributed by atoms with E-state index in [9.17, 15) is 0 Å². The summed E-state index contributed by atoms with van der Waals surface area (Å²) in [4.78, 5) is 4.39. The van der Waals surface area contributed by atoms with Gasteiger partial charge in [0, 0.05) is 13.1 Å². The van der Waals surface area contributed by atoms with Crippen molar-refractivity contribution >= 4 is 11.8 Å². The Morgan fingerprint density at radius 2 is 1.90 bits per heavy atom. The van der Waals surface area contributed by atoms with Crippen molar-refractivity contribution in [1.82, 2.24) is 15.2 Å². The van der Waals surface area contributed by atoms with Gasteiger partial charge in [-0.3, -0.25) is 0 Å². The zero-order valence-electron chi connectivity index (χ0n) is 12.7. The van der Waals surface area contributed by atoms with Crippen LogP contribution in [0.3, 0.4) is 0 Å². The van der Waals surface area contributed by atoms with Gasteiger partial charge in [-0.25, -0.2) is 0 Å². The van der Waals surface area contributed by atoms with Gasteiger partial charge in [0.15, 0.2) is 5.82 Å². The van der Waals surface area contributed by atoms with Crippen LogP contribution in [0, 0.1) is 5.92 Å². The van der Waals surface area contributed by atoms with Crippen LogP contribution < -0.4 is 10.6 Å². The van der Waals surface area contributed by atoms with Crippen LogP contribution >= 0.6 is 0 Å². The highest BCUT2D eigenvalue weighted by atomic mass is 15.3. The summed E-state index contributed by atoms with van der Waals surface area (Å²) < 4.78 is 0. The van der Waals surface area contributed by atoms with Gasteiger partial charge in [0.2, 0.25) is 5.95 Å². The number of anilines is 2. The lowest BCUT2D eigenvalue weighted by Gasteiger charge is -2.09. The quantitative estimate of drug-likeness (QED) is 0.730. The summed E-state index contributed by atoms with van der Waals surface area (Å²) >= 11 is 0. The second-order valence-electron chi connectivity index (χ2n) is 5.46. The molecule has 2 N–H and O–H groups in total. The van der Waals surface area contributed by atoms with Crippen molar-refractivity contribution in [2.45, 2.75) is 26.7 Å². The molecule has 2 aromatic rings. The van der Waals surface area contributed by atoms with E-state index in [4.69, 9.17) is 0 Å². The lowest BCUT2D eigenvalue weighted by atomic mass is 10.1. The van der Waals surface area contributed by atoms with Crippen molar-refractivity contribution in [2.75, 3.05) is 23.7 Å². The van der Waals surface area contributed by atoms with Crippen LogP contribution in [0.1, 0.15) is 25.8 Å². The van der Waals surface area contributed by atoms with Crippen LogP contribution in [-0.4, -0.2) is 28.3 Å². The molecule has 112 valence electrons. The second kappa shape index (κ2) is 8.19. The molecular formula is C16H23N5. The van der Waals surface area contributed by atoms with Crippen LogP contribution in [0.4, 0.5) is 11.8 Å². The maximum atomic E-state index is 4.39. The molecule has 1 heterocycles. The zero-order chi connectivity index (χ0) is 14.9. The highest BCUT2D eigenvalue weighted by molar-refractivity contribution is 5.36. The summed E-state index contributed by atoms with van der Waals surface area (Å²) in [5.41, 5.74) is 1.35. The average Bonchev–Trinajstić information content (AvgIpc) is 2.51. The first kappa shape index (κ1) is 15.2. The van der Waals surface area contributed by atoms with Crippen molar-refractivity contribution in [3.05, 3.63) is 42.1 Å². The minimum Gasteiger partial charge on any atom is -0.368 e. The molecule has 0 saturated heterocycles. The Labute approximate surface area is 126 Å². The second-order valence-corrected chi connectivity index (χ2v) is 5.46. The van der Waals surface area contributed by atoms with Crippen LogP contribution in [0.5, 0.6) is 0 Å². The zero-order valence-corrected chi connectivity index (χ0v) is 12.7. The number of benzene rings is 1. The van der Waals surface area contributed by atoms with Gasteiger partial charge in [-0.2, -0.15) is 10.1 Å². The summed E-state index contributed by atoms with van der Waals surface area (Å²) in [5, 5.41) is 14.4. The molecule has 0 radical (unpaired) electrons. The molecule has 21 heavy (non-hydrogen) atoms. The number of nitrogens with zero attached hydrogens (tertiary/aromatic N) is 3. The Kier molecular flexibility index (Phi) is 5.94. The van der Waals surface area contributed by atoms with Gasteiger partial charge in [-0.05, 0) is 24.3 Å². The topological polar surface area (TPSA) is 62.7 Å². The average molecular weight is 285 g/mol. The van der Waals surface area contributed by atoms with Crippen molar-refractivity contribution in [1.29, 1.82) is 0 Å². The van der Waals surface area contributed by atoms with Crippen molar-refractivity contribution in [3.63, 3.8) is 0 Å². The largest absolute Gasteiger partial charge is 0.368 e. The Morgan fingerprint density at radius 1 is 1.10 bits per heavy atom. The van der Waals surface area contributed by atoms with Crippen LogP contribution in [0.15, 0.2) is 36.5 Å². The third-order valence-electron chi connectivity index (χ3n) is 3.02. The Bertz CT molecular complexity index is 527. The van der Waals surface area contributed by atoms with Gasteiger partial charge in [0.1, 0.15) is 0 Å². The first-order chi connectivity index (χ1) is 10.2. The van der Waals surface area contributed by atoms with Crippen molar-refractivity contribution in [2.24, 2.45) is 5.92 Å². The number of aryl methyl sites for hydroxylation is 1. The Hall–Kier alpha value is -2.17. The van der Waals surface area contributed by atoms with E-state index in [0.717, 1.165) is 31.7 Å². The van der Waals surface area contributed by atoms with Gasteiger partial charge in [0.25, 0.3) is 0 Å². The summed E-state index contributed by atoms with van der Waals surface area (Å²) in [5.74, 6) is 1.92. The molecule has 1 aromatic carbocycles. The summed E-state index contributed by atoms with van der Waals surface area (Å²) in [6.45, 7) is 6.03. The predicted molar refractivity (Wildman–Crippen MR) is 86.4 cm³/mol. The normalized spacial score (nSPS) is 10.6. The van der Waals surface area contributed by atoms with E-state index in [1.54, 1.807) is 6.20 Å². The summed E-state index contributed by atoms with van der Waals surface area (Å²) in [6, 6.07) is 10.5. The van der Waals surface area contributed by atoms with Gasteiger partial charge in [-0.15, -0.1) is 5.10 Å². The fraction of sp³-hybridized carbons (Fsp3) is 0.438. The van der Waals surface area contributed by atoms with Crippen LogP contribution in [0.2, 0.25) is 0 Å². The molecule has 2 rings (SSSR count). The van der Waals surface area contributed by atoms with Crippen LogP contribution in [-0.2, 0) is 6.42 Å².